The molecule has 0 aliphatic heterocycles. The summed E-state index contributed by atoms with van der Waals surface area (Å²) in [5, 5.41) is 9.34. The first-order valence-electron chi connectivity index (χ1n) is 4.93. The van der Waals surface area contributed by atoms with Crippen molar-refractivity contribution in [2.45, 2.75) is 24.8 Å². The van der Waals surface area contributed by atoms with Gasteiger partial charge in [0.25, 0.3) is 0 Å². The average Bonchev–Trinajstić information content (AvgIpc) is 2.18. The van der Waals surface area contributed by atoms with Crippen LogP contribution in [-0.4, -0.2) is 12.2 Å². The number of phenolic OH excluding ortho intramolecular Hbond substituents is 1. The number of benzene rings is 1. The van der Waals surface area contributed by atoms with Gasteiger partial charge in [0, 0.05) is 5.54 Å². The number of nitrogens with two attached hydrogens (primary N) is 1. The summed E-state index contributed by atoms with van der Waals surface area (Å²) in [5.74, 6) is -0.994. The lowest BCUT2D eigenvalue weighted by Crippen LogP contribution is -2.43. The second-order valence-electron chi connectivity index (χ2n) is 4.02. The van der Waals surface area contributed by atoms with Crippen molar-refractivity contribution in [3.63, 3.8) is 0 Å². The van der Waals surface area contributed by atoms with Crippen LogP contribution in [0.15, 0.2) is 12.1 Å². The van der Waals surface area contributed by atoms with Crippen molar-refractivity contribution < 1.29 is 14.2 Å². The lowest BCUT2D eigenvalue weighted by atomic mass is 9.73. The lowest BCUT2D eigenvalue weighted by Gasteiger charge is -2.38. The molecule has 3 N–H and O–H groups in total. The molecule has 1 aromatic rings. The normalized spacial score (nSPS) is 18.3. The van der Waals surface area contributed by atoms with Gasteiger partial charge in [0.15, 0.2) is 17.3 Å². The number of hydrogen-bond acceptors (Lipinski definition) is 3. The summed E-state index contributed by atoms with van der Waals surface area (Å²) in [7, 11) is 1.39. The van der Waals surface area contributed by atoms with Crippen LogP contribution in [0.4, 0.5) is 4.39 Å². The molecule has 0 bridgehead atoms. The number of methoxy groups -OCH3 is 1. The maximum atomic E-state index is 13.3. The Morgan fingerprint density at radius 3 is 2.60 bits per heavy atom. The predicted octanol–water partition coefficient (Wildman–Crippen LogP) is 1.88. The third kappa shape index (κ3) is 1.55. The van der Waals surface area contributed by atoms with E-state index in [0.29, 0.717) is 5.56 Å². The maximum absolute atomic E-state index is 13.3. The zero-order valence-corrected chi connectivity index (χ0v) is 8.59. The van der Waals surface area contributed by atoms with Crippen LogP contribution in [0, 0.1) is 5.82 Å². The van der Waals surface area contributed by atoms with Crippen LogP contribution in [-0.2, 0) is 5.54 Å². The van der Waals surface area contributed by atoms with E-state index in [4.69, 9.17) is 10.5 Å². The summed E-state index contributed by atoms with van der Waals surface area (Å²) in [5.41, 5.74) is 6.32. The molecule has 4 heteroatoms. The van der Waals surface area contributed by atoms with Crippen molar-refractivity contribution in [2.75, 3.05) is 7.11 Å². The first-order valence-corrected chi connectivity index (χ1v) is 4.93. The minimum Gasteiger partial charge on any atom is -0.502 e. The number of phenols is 1. The van der Waals surface area contributed by atoms with Crippen LogP contribution >= 0.6 is 0 Å². The van der Waals surface area contributed by atoms with Gasteiger partial charge in [-0.2, -0.15) is 0 Å². The van der Waals surface area contributed by atoms with Crippen molar-refractivity contribution in [3.05, 3.63) is 23.5 Å². The summed E-state index contributed by atoms with van der Waals surface area (Å²) in [6.07, 6.45) is 2.75. The molecule has 1 aliphatic carbocycles. The van der Waals surface area contributed by atoms with E-state index < -0.39 is 17.1 Å². The van der Waals surface area contributed by atoms with E-state index in [1.54, 1.807) is 6.07 Å². The lowest BCUT2D eigenvalue weighted by molar-refractivity contribution is 0.250. The van der Waals surface area contributed by atoms with Crippen molar-refractivity contribution in [2.24, 2.45) is 5.73 Å². The summed E-state index contributed by atoms with van der Waals surface area (Å²) < 4.78 is 18.2. The highest BCUT2D eigenvalue weighted by molar-refractivity contribution is 5.45. The number of halogens is 1. The smallest absolute Gasteiger partial charge is 0.194 e. The molecule has 1 saturated carbocycles. The van der Waals surface area contributed by atoms with Crippen LogP contribution in [0.5, 0.6) is 11.5 Å². The molecular weight excluding hydrogens is 197 g/mol. The molecule has 0 heterocycles. The van der Waals surface area contributed by atoms with Crippen molar-refractivity contribution in [1.82, 2.24) is 0 Å². The van der Waals surface area contributed by atoms with Crippen molar-refractivity contribution >= 4 is 0 Å². The van der Waals surface area contributed by atoms with Gasteiger partial charge in [-0.15, -0.1) is 0 Å². The number of aromatic hydroxyl groups is 1. The Balaban J connectivity index is 2.45. The van der Waals surface area contributed by atoms with E-state index >= 15 is 0 Å². The van der Waals surface area contributed by atoms with E-state index in [-0.39, 0.29) is 5.75 Å². The highest BCUT2D eigenvalue weighted by Gasteiger charge is 2.35. The number of hydrogen-bond donors (Lipinski definition) is 2. The molecule has 82 valence electrons. The zero-order chi connectivity index (χ0) is 11.1. The SMILES string of the molecule is COc1cc(C2(N)CCC2)cc(F)c1O. The maximum Gasteiger partial charge on any atom is 0.194 e. The fourth-order valence-electron chi connectivity index (χ4n) is 1.86. The summed E-state index contributed by atoms with van der Waals surface area (Å²) >= 11 is 0. The van der Waals surface area contributed by atoms with Crippen LogP contribution in [0.1, 0.15) is 24.8 Å². The average molecular weight is 211 g/mol. The Morgan fingerprint density at radius 1 is 1.47 bits per heavy atom. The van der Waals surface area contributed by atoms with E-state index in [9.17, 15) is 9.50 Å². The van der Waals surface area contributed by atoms with E-state index in [0.717, 1.165) is 19.3 Å². The molecule has 0 unspecified atom stereocenters. The molecule has 0 saturated heterocycles. The van der Waals surface area contributed by atoms with Crippen molar-refractivity contribution in [3.8, 4) is 11.5 Å². The topological polar surface area (TPSA) is 55.5 Å². The van der Waals surface area contributed by atoms with Gasteiger partial charge < -0.3 is 15.6 Å². The van der Waals surface area contributed by atoms with Crippen LogP contribution in [0.2, 0.25) is 0 Å². The first-order chi connectivity index (χ1) is 7.07. The fraction of sp³-hybridized carbons (Fsp3) is 0.455. The molecular formula is C11H14FNO2. The molecule has 0 spiro atoms. The Hall–Kier alpha value is -1.29. The second kappa shape index (κ2) is 3.38. The molecule has 2 rings (SSSR count). The molecule has 1 aliphatic rings. The molecule has 0 atom stereocenters. The number of ether oxygens (including phenoxy) is 1. The van der Waals surface area contributed by atoms with Crippen LogP contribution in [0.3, 0.4) is 0 Å². The van der Waals surface area contributed by atoms with Gasteiger partial charge in [-0.3, -0.25) is 0 Å². The van der Waals surface area contributed by atoms with Gasteiger partial charge in [0.2, 0.25) is 0 Å². The summed E-state index contributed by atoms with van der Waals surface area (Å²) in [6.45, 7) is 0. The molecule has 3 nitrogen and oxygen atoms in total. The first kappa shape index (κ1) is 10.2. The molecule has 0 amide bonds. The van der Waals surface area contributed by atoms with Gasteiger partial charge in [0.1, 0.15) is 0 Å². The van der Waals surface area contributed by atoms with Crippen LogP contribution in [0.25, 0.3) is 0 Å². The third-order valence-corrected chi connectivity index (χ3v) is 3.07. The Kier molecular flexibility index (Phi) is 2.31. The molecule has 15 heavy (non-hydrogen) atoms. The minimum absolute atomic E-state index is 0.140. The molecule has 1 fully saturated rings. The monoisotopic (exact) mass is 211 g/mol. The summed E-state index contributed by atoms with van der Waals surface area (Å²) in [6, 6.07) is 2.90. The van der Waals surface area contributed by atoms with E-state index in [2.05, 4.69) is 0 Å². The van der Waals surface area contributed by atoms with E-state index in [1.807, 2.05) is 0 Å². The predicted molar refractivity (Wildman–Crippen MR) is 54.3 cm³/mol. The highest BCUT2D eigenvalue weighted by Crippen LogP contribution is 2.42. The molecule has 0 radical (unpaired) electrons. The zero-order valence-electron chi connectivity index (χ0n) is 8.59. The minimum atomic E-state index is -0.680. The standard InChI is InChI=1S/C11H14FNO2/c1-15-9-6-7(5-8(12)10(9)14)11(13)3-2-4-11/h5-6,14H,2-4,13H2,1H3. The molecule has 0 aromatic heterocycles. The fourth-order valence-corrected chi connectivity index (χ4v) is 1.86. The molecule has 1 aromatic carbocycles. The third-order valence-electron chi connectivity index (χ3n) is 3.07. The highest BCUT2D eigenvalue weighted by atomic mass is 19.1. The largest absolute Gasteiger partial charge is 0.502 e. The quantitative estimate of drug-likeness (QED) is 0.785. The summed E-state index contributed by atoms with van der Waals surface area (Å²) in [4.78, 5) is 0. The van der Waals surface area contributed by atoms with Gasteiger partial charge >= 0.3 is 0 Å². The van der Waals surface area contributed by atoms with Gasteiger partial charge in [-0.05, 0) is 37.0 Å². The Bertz CT molecular complexity index is 388. The second-order valence-corrected chi connectivity index (χ2v) is 4.02. The van der Waals surface area contributed by atoms with Crippen molar-refractivity contribution in [1.29, 1.82) is 0 Å². The number of rotatable bonds is 2. The van der Waals surface area contributed by atoms with Gasteiger partial charge in [-0.25, -0.2) is 4.39 Å². The van der Waals surface area contributed by atoms with Gasteiger partial charge in [-0.1, -0.05) is 0 Å². The Morgan fingerprint density at radius 2 is 2.13 bits per heavy atom. The Labute approximate surface area is 87.7 Å². The van der Waals surface area contributed by atoms with Gasteiger partial charge in [0.05, 0.1) is 7.11 Å². The van der Waals surface area contributed by atoms with E-state index in [1.165, 1.54) is 13.2 Å². The van der Waals surface area contributed by atoms with Crippen LogP contribution < -0.4 is 10.5 Å².